The minimum absolute atomic E-state index is 0.173. The number of likely N-dealkylation sites (tertiary alicyclic amines) is 1. The molecule has 0 aromatic heterocycles. The topological polar surface area (TPSA) is 26.8 Å². The first-order valence-corrected chi connectivity index (χ1v) is 12.4. The van der Waals surface area contributed by atoms with Crippen LogP contribution < -0.4 is 4.90 Å². The molecular formula is C27H31F4N3O. The first-order chi connectivity index (χ1) is 16.7. The minimum Gasteiger partial charge on any atom is -0.370 e. The molecule has 0 N–H and O–H groups in total. The van der Waals surface area contributed by atoms with E-state index in [9.17, 15) is 22.4 Å². The van der Waals surface area contributed by atoms with Gasteiger partial charge in [-0.05, 0) is 79.3 Å². The van der Waals surface area contributed by atoms with E-state index in [0.29, 0.717) is 50.0 Å². The molecule has 2 aromatic rings. The Bertz CT molecular complexity index is 1060. The van der Waals surface area contributed by atoms with Crippen molar-refractivity contribution in [2.24, 2.45) is 5.92 Å². The largest absolute Gasteiger partial charge is 0.416 e. The number of benzene rings is 2. The van der Waals surface area contributed by atoms with Crippen molar-refractivity contribution in [3.8, 4) is 0 Å². The molecule has 35 heavy (non-hydrogen) atoms. The molecule has 5 rings (SSSR count). The molecule has 0 radical (unpaired) electrons. The van der Waals surface area contributed by atoms with Gasteiger partial charge >= 0.3 is 6.18 Å². The van der Waals surface area contributed by atoms with Gasteiger partial charge in [-0.3, -0.25) is 14.6 Å². The molecule has 2 saturated heterocycles. The van der Waals surface area contributed by atoms with Gasteiger partial charge < -0.3 is 4.90 Å². The molecule has 0 amide bonds. The van der Waals surface area contributed by atoms with E-state index in [0.717, 1.165) is 56.3 Å². The Hall–Kier alpha value is -2.45. The van der Waals surface area contributed by atoms with Crippen molar-refractivity contribution < 1.29 is 22.4 Å². The van der Waals surface area contributed by atoms with Crippen LogP contribution in [-0.2, 0) is 23.9 Å². The molecule has 188 valence electrons. The van der Waals surface area contributed by atoms with E-state index in [4.69, 9.17) is 0 Å². The Balaban J connectivity index is 1.09. The number of anilines is 1. The predicted octanol–water partition coefficient (Wildman–Crippen LogP) is 4.76. The van der Waals surface area contributed by atoms with Gasteiger partial charge in [-0.1, -0.05) is 6.07 Å². The summed E-state index contributed by atoms with van der Waals surface area (Å²) >= 11 is 0. The lowest BCUT2D eigenvalue weighted by Crippen LogP contribution is -2.37. The number of nitrogens with zero attached hydrogens (tertiary/aromatic N) is 3. The summed E-state index contributed by atoms with van der Waals surface area (Å²) in [6.45, 7) is 5.14. The first kappa shape index (κ1) is 24.3. The molecular weight excluding hydrogens is 458 g/mol. The van der Waals surface area contributed by atoms with E-state index in [2.05, 4.69) is 9.80 Å². The molecule has 4 nitrogen and oxygen atoms in total. The number of ketones is 1. The van der Waals surface area contributed by atoms with E-state index in [1.165, 1.54) is 18.2 Å². The predicted molar refractivity (Wildman–Crippen MR) is 127 cm³/mol. The lowest BCUT2D eigenvalue weighted by molar-refractivity contribution is -0.137. The third-order valence-electron chi connectivity index (χ3n) is 7.73. The number of fused-ring (bicyclic) bond motifs is 1. The molecule has 3 aliphatic rings. The zero-order valence-electron chi connectivity index (χ0n) is 19.7. The monoisotopic (exact) mass is 489 g/mol. The lowest BCUT2D eigenvalue weighted by Gasteiger charge is -2.29. The standard InChI is InChI=1S/C27H31F4N3O/c28-23-3-5-24(6-4-23)34-12-9-25(17-34)33-11-7-19(15-33)13-26(35)18-32-10-8-20-1-2-22(27(29,30)31)14-21(20)16-32/h1-6,14,19,25H,7-13,15-18H2. The van der Waals surface area contributed by atoms with E-state index < -0.39 is 11.7 Å². The van der Waals surface area contributed by atoms with Crippen molar-refractivity contribution in [2.45, 2.75) is 44.4 Å². The molecule has 3 aliphatic heterocycles. The maximum atomic E-state index is 13.2. The third kappa shape index (κ3) is 5.70. The molecule has 2 atom stereocenters. The summed E-state index contributed by atoms with van der Waals surface area (Å²) in [5, 5.41) is 0. The highest BCUT2D eigenvalue weighted by Gasteiger charge is 2.34. The highest BCUT2D eigenvalue weighted by atomic mass is 19.4. The number of hydrogen-bond acceptors (Lipinski definition) is 4. The van der Waals surface area contributed by atoms with Crippen LogP contribution in [0.3, 0.4) is 0 Å². The summed E-state index contributed by atoms with van der Waals surface area (Å²) in [6, 6.07) is 11.0. The summed E-state index contributed by atoms with van der Waals surface area (Å²) in [5.41, 5.74) is 2.04. The quantitative estimate of drug-likeness (QED) is 0.547. The maximum Gasteiger partial charge on any atom is 0.416 e. The van der Waals surface area contributed by atoms with Crippen molar-refractivity contribution in [3.63, 3.8) is 0 Å². The Kier molecular flexibility index (Phi) is 6.86. The Morgan fingerprint density at radius 1 is 0.943 bits per heavy atom. The number of halogens is 4. The second kappa shape index (κ2) is 9.90. The average molecular weight is 490 g/mol. The summed E-state index contributed by atoms with van der Waals surface area (Å²) in [5.74, 6) is 0.277. The van der Waals surface area contributed by atoms with Crippen LogP contribution in [0.25, 0.3) is 0 Å². The third-order valence-corrected chi connectivity index (χ3v) is 7.73. The number of alkyl halides is 3. The Morgan fingerprint density at radius 3 is 2.51 bits per heavy atom. The van der Waals surface area contributed by atoms with Crippen molar-refractivity contribution in [2.75, 3.05) is 44.2 Å². The number of hydrogen-bond donors (Lipinski definition) is 0. The van der Waals surface area contributed by atoms with Gasteiger partial charge in [0.25, 0.3) is 0 Å². The SMILES string of the molecule is O=C(CC1CCN(C2CCN(c3ccc(F)cc3)C2)C1)CN1CCc2ccc(C(F)(F)F)cc2C1. The van der Waals surface area contributed by atoms with E-state index in [1.807, 2.05) is 17.0 Å². The first-order valence-electron chi connectivity index (χ1n) is 12.4. The molecule has 8 heteroatoms. The molecule has 2 aromatic carbocycles. The van der Waals surface area contributed by atoms with Crippen LogP contribution in [0.4, 0.5) is 23.2 Å². The number of Topliss-reactive ketones (excluding diaryl/α,β-unsaturated/α-hetero) is 1. The van der Waals surface area contributed by atoms with E-state index in [-0.39, 0.29) is 11.6 Å². The average Bonchev–Trinajstić information content (AvgIpc) is 3.48. The van der Waals surface area contributed by atoms with Crippen LogP contribution in [0.2, 0.25) is 0 Å². The zero-order valence-corrected chi connectivity index (χ0v) is 19.7. The maximum absolute atomic E-state index is 13.2. The van der Waals surface area contributed by atoms with Crippen molar-refractivity contribution in [1.29, 1.82) is 0 Å². The second-order valence-corrected chi connectivity index (χ2v) is 10.2. The zero-order chi connectivity index (χ0) is 24.6. The highest BCUT2D eigenvalue weighted by molar-refractivity contribution is 5.80. The highest BCUT2D eigenvalue weighted by Crippen LogP contribution is 2.32. The smallest absolute Gasteiger partial charge is 0.370 e. The van der Waals surface area contributed by atoms with Gasteiger partial charge in [0.2, 0.25) is 0 Å². The minimum atomic E-state index is -4.35. The summed E-state index contributed by atoms with van der Waals surface area (Å²) in [6.07, 6.45) is -1.10. The number of carbonyl (C=O) groups excluding carboxylic acids is 1. The summed E-state index contributed by atoms with van der Waals surface area (Å²) in [7, 11) is 0. The van der Waals surface area contributed by atoms with Crippen molar-refractivity contribution in [1.82, 2.24) is 9.80 Å². The van der Waals surface area contributed by atoms with Crippen molar-refractivity contribution >= 4 is 11.5 Å². The fourth-order valence-electron chi connectivity index (χ4n) is 5.85. The molecule has 0 spiro atoms. The van der Waals surface area contributed by atoms with E-state index >= 15 is 0 Å². The van der Waals surface area contributed by atoms with Gasteiger partial charge in [-0.25, -0.2) is 4.39 Å². The second-order valence-electron chi connectivity index (χ2n) is 10.2. The normalized spacial score (nSPS) is 23.6. The van der Waals surface area contributed by atoms with Crippen LogP contribution in [0.15, 0.2) is 42.5 Å². The van der Waals surface area contributed by atoms with Crippen molar-refractivity contribution in [3.05, 3.63) is 65.0 Å². The molecule has 0 saturated carbocycles. The van der Waals surface area contributed by atoms with Gasteiger partial charge in [0.15, 0.2) is 0 Å². The molecule has 2 unspecified atom stereocenters. The van der Waals surface area contributed by atoms with Gasteiger partial charge in [0.1, 0.15) is 11.6 Å². The summed E-state index contributed by atoms with van der Waals surface area (Å²) < 4.78 is 52.4. The Morgan fingerprint density at radius 2 is 1.74 bits per heavy atom. The van der Waals surface area contributed by atoms with Gasteiger partial charge in [-0.2, -0.15) is 13.2 Å². The van der Waals surface area contributed by atoms with Crippen LogP contribution in [0.5, 0.6) is 0 Å². The molecule has 3 heterocycles. The molecule has 2 fully saturated rings. The summed E-state index contributed by atoms with van der Waals surface area (Å²) in [4.78, 5) is 19.6. The van der Waals surface area contributed by atoms with E-state index in [1.54, 1.807) is 6.07 Å². The fraction of sp³-hybridized carbons (Fsp3) is 0.519. The number of rotatable bonds is 6. The Labute approximate surface area is 203 Å². The van der Waals surface area contributed by atoms with Crippen LogP contribution in [-0.4, -0.2) is 60.9 Å². The van der Waals surface area contributed by atoms with Gasteiger partial charge in [0.05, 0.1) is 12.1 Å². The molecule has 0 aliphatic carbocycles. The number of carbonyl (C=O) groups is 1. The molecule has 0 bridgehead atoms. The lowest BCUT2D eigenvalue weighted by atomic mass is 9.96. The van der Waals surface area contributed by atoms with Gasteiger partial charge in [0, 0.05) is 50.9 Å². The van der Waals surface area contributed by atoms with Crippen LogP contribution in [0, 0.1) is 11.7 Å². The van der Waals surface area contributed by atoms with Gasteiger partial charge in [-0.15, -0.1) is 0 Å². The fourth-order valence-corrected chi connectivity index (χ4v) is 5.85. The van der Waals surface area contributed by atoms with Crippen LogP contribution in [0.1, 0.15) is 36.0 Å². The van der Waals surface area contributed by atoms with Crippen LogP contribution >= 0.6 is 0 Å².